The van der Waals surface area contributed by atoms with E-state index in [9.17, 15) is 5.11 Å². The molecule has 0 amide bonds. The van der Waals surface area contributed by atoms with Crippen molar-refractivity contribution in [3.8, 4) is 5.75 Å². The quantitative estimate of drug-likeness (QED) is 0.608. The lowest BCUT2D eigenvalue weighted by Crippen LogP contribution is -2.51. The molecule has 6 nitrogen and oxygen atoms in total. The third-order valence-electron chi connectivity index (χ3n) is 4.72. The van der Waals surface area contributed by atoms with Gasteiger partial charge in [-0.15, -0.1) is 0 Å². The smallest absolute Gasteiger partial charge is 0.191 e. The number of methoxy groups -OCH3 is 1. The van der Waals surface area contributed by atoms with Gasteiger partial charge in [-0.1, -0.05) is 23.7 Å². The summed E-state index contributed by atoms with van der Waals surface area (Å²) >= 11 is 5.95. The van der Waals surface area contributed by atoms with Crippen molar-refractivity contribution in [2.75, 3.05) is 44.7 Å². The number of aliphatic hydroxyl groups excluding tert-OH is 1. The molecule has 1 aliphatic rings. The molecule has 144 valence electrons. The van der Waals surface area contributed by atoms with Gasteiger partial charge in [0.25, 0.3) is 0 Å². The maximum Gasteiger partial charge on any atom is 0.191 e. The van der Waals surface area contributed by atoms with Gasteiger partial charge >= 0.3 is 0 Å². The molecule has 0 spiro atoms. The van der Waals surface area contributed by atoms with Crippen molar-refractivity contribution >= 4 is 23.2 Å². The lowest BCUT2D eigenvalue weighted by atomic mass is 10.1. The van der Waals surface area contributed by atoms with E-state index in [0.29, 0.717) is 5.96 Å². The van der Waals surface area contributed by atoms with Crippen molar-refractivity contribution < 1.29 is 9.84 Å². The van der Waals surface area contributed by atoms with Gasteiger partial charge in [0.05, 0.1) is 19.8 Å². The predicted octanol–water partition coefficient (Wildman–Crippen LogP) is 2.52. The van der Waals surface area contributed by atoms with E-state index < -0.39 is 6.10 Å². The molecule has 1 atom stereocenters. The second kappa shape index (κ2) is 8.97. The number of halogens is 1. The Bertz CT molecular complexity index is 757. The monoisotopic (exact) mass is 388 g/mol. The first-order chi connectivity index (χ1) is 13.1. The number of aliphatic hydroxyl groups is 1. The zero-order valence-corrected chi connectivity index (χ0v) is 16.1. The van der Waals surface area contributed by atoms with Crippen LogP contribution in [0.25, 0.3) is 0 Å². The Morgan fingerprint density at radius 3 is 2.33 bits per heavy atom. The third kappa shape index (κ3) is 5.05. The standard InChI is InChI=1S/C20H25ClN4O2/c1-27-18-8-2-15(3-9-18)19(26)14-23-20(22)25-12-10-24(11-13-25)17-6-4-16(21)5-7-17/h2-9,19,26H,10-14H2,1H3,(H2,22,23). The molecule has 1 aliphatic heterocycles. The van der Waals surface area contributed by atoms with E-state index in [1.807, 2.05) is 53.4 Å². The minimum atomic E-state index is -0.690. The van der Waals surface area contributed by atoms with Crippen LogP contribution in [-0.4, -0.2) is 55.8 Å². The summed E-state index contributed by atoms with van der Waals surface area (Å²) in [7, 11) is 1.61. The van der Waals surface area contributed by atoms with Gasteiger partial charge in [0, 0.05) is 36.9 Å². The first kappa shape index (κ1) is 19.3. The average molecular weight is 389 g/mol. The number of rotatable bonds is 5. The molecule has 3 N–H and O–H groups in total. The van der Waals surface area contributed by atoms with Gasteiger partial charge in [-0.2, -0.15) is 0 Å². The second-order valence-corrected chi connectivity index (χ2v) is 6.87. The fourth-order valence-electron chi connectivity index (χ4n) is 3.06. The van der Waals surface area contributed by atoms with E-state index >= 15 is 0 Å². The number of ether oxygens (including phenoxy) is 1. The van der Waals surface area contributed by atoms with Gasteiger partial charge < -0.3 is 25.4 Å². The first-order valence-electron chi connectivity index (χ1n) is 8.94. The summed E-state index contributed by atoms with van der Waals surface area (Å²) in [5, 5.41) is 11.0. The Balaban J connectivity index is 1.51. The summed E-state index contributed by atoms with van der Waals surface area (Å²) in [6.07, 6.45) is -0.690. The molecule has 1 fully saturated rings. The van der Waals surface area contributed by atoms with Crippen LogP contribution in [0.15, 0.2) is 53.5 Å². The van der Waals surface area contributed by atoms with Crippen LogP contribution in [0, 0.1) is 0 Å². The summed E-state index contributed by atoms with van der Waals surface area (Å²) in [6.45, 7) is 3.53. The molecule has 3 rings (SSSR count). The van der Waals surface area contributed by atoms with Crippen molar-refractivity contribution in [3.63, 3.8) is 0 Å². The van der Waals surface area contributed by atoms with Crippen molar-refractivity contribution in [1.82, 2.24) is 4.90 Å². The zero-order valence-electron chi connectivity index (χ0n) is 15.4. The fraction of sp³-hybridized carbons (Fsp3) is 0.350. The van der Waals surface area contributed by atoms with Gasteiger partial charge in [-0.05, 0) is 42.0 Å². The highest BCUT2D eigenvalue weighted by atomic mass is 35.5. The van der Waals surface area contributed by atoms with E-state index in [1.54, 1.807) is 7.11 Å². The lowest BCUT2D eigenvalue weighted by Gasteiger charge is -2.36. The molecule has 0 aromatic heterocycles. The molecular weight excluding hydrogens is 364 g/mol. The normalized spacial score (nSPS) is 16.3. The number of aliphatic imine (C=N–C) groups is 1. The number of nitrogens with two attached hydrogens (primary N) is 1. The van der Waals surface area contributed by atoms with Crippen LogP contribution in [-0.2, 0) is 0 Å². The summed E-state index contributed by atoms with van der Waals surface area (Å²) in [5.41, 5.74) is 8.08. The first-order valence-corrected chi connectivity index (χ1v) is 9.32. The molecule has 1 unspecified atom stereocenters. The Hall–Kier alpha value is -2.44. The number of anilines is 1. The lowest BCUT2D eigenvalue weighted by molar-refractivity contribution is 0.186. The molecule has 2 aromatic carbocycles. The molecule has 0 aliphatic carbocycles. The van der Waals surface area contributed by atoms with Gasteiger partial charge in [0.2, 0.25) is 0 Å². The van der Waals surface area contributed by atoms with E-state index in [1.165, 1.54) is 0 Å². The van der Waals surface area contributed by atoms with Crippen molar-refractivity contribution in [3.05, 3.63) is 59.1 Å². The van der Waals surface area contributed by atoms with Gasteiger partial charge in [0.1, 0.15) is 5.75 Å². The molecule has 0 bridgehead atoms. The van der Waals surface area contributed by atoms with Crippen LogP contribution in [0.1, 0.15) is 11.7 Å². The Labute approximate surface area is 164 Å². The third-order valence-corrected chi connectivity index (χ3v) is 4.97. The minimum Gasteiger partial charge on any atom is -0.497 e. The van der Waals surface area contributed by atoms with Gasteiger partial charge in [0.15, 0.2) is 5.96 Å². The van der Waals surface area contributed by atoms with Gasteiger partial charge in [-0.3, -0.25) is 4.99 Å². The Kier molecular flexibility index (Phi) is 6.42. The number of piperazine rings is 1. The highest BCUT2D eigenvalue weighted by Gasteiger charge is 2.19. The number of hydrogen-bond donors (Lipinski definition) is 2. The fourth-order valence-corrected chi connectivity index (χ4v) is 3.18. The molecule has 27 heavy (non-hydrogen) atoms. The van der Waals surface area contributed by atoms with Crippen molar-refractivity contribution in [2.24, 2.45) is 10.7 Å². The molecule has 2 aromatic rings. The van der Waals surface area contributed by atoms with Crippen LogP contribution >= 0.6 is 11.6 Å². The van der Waals surface area contributed by atoms with E-state index in [0.717, 1.165) is 48.2 Å². The largest absolute Gasteiger partial charge is 0.497 e. The van der Waals surface area contributed by atoms with Crippen LogP contribution in [0.3, 0.4) is 0 Å². The predicted molar refractivity (Wildman–Crippen MR) is 110 cm³/mol. The molecular formula is C20H25ClN4O2. The highest BCUT2D eigenvalue weighted by Crippen LogP contribution is 2.20. The van der Waals surface area contributed by atoms with Crippen molar-refractivity contribution in [1.29, 1.82) is 0 Å². The molecule has 1 saturated heterocycles. The SMILES string of the molecule is COc1ccc(C(O)CN=C(N)N2CCN(c3ccc(Cl)cc3)CC2)cc1. The summed E-state index contributed by atoms with van der Waals surface area (Å²) < 4.78 is 5.13. The second-order valence-electron chi connectivity index (χ2n) is 6.44. The van der Waals surface area contributed by atoms with Crippen LogP contribution < -0.4 is 15.4 Å². The molecule has 7 heteroatoms. The summed E-state index contributed by atoms with van der Waals surface area (Å²) in [6, 6.07) is 15.2. The zero-order chi connectivity index (χ0) is 19.2. The maximum absolute atomic E-state index is 10.3. The van der Waals surface area contributed by atoms with E-state index in [-0.39, 0.29) is 6.54 Å². The molecule has 0 saturated carbocycles. The summed E-state index contributed by atoms with van der Waals surface area (Å²) in [5.74, 6) is 1.23. The van der Waals surface area contributed by atoms with Gasteiger partial charge in [-0.25, -0.2) is 0 Å². The van der Waals surface area contributed by atoms with E-state index in [2.05, 4.69) is 9.89 Å². The Morgan fingerprint density at radius 2 is 1.74 bits per heavy atom. The topological polar surface area (TPSA) is 74.3 Å². The minimum absolute atomic E-state index is 0.232. The maximum atomic E-state index is 10.3. The number of guanidine groups is 1. The van der Waals surface area contributed by atoms with Crippen molar-refractivity contribution in [2.45, 2.75) is 6.10 Å². The van der Waals surface area contributed by atoms with E-state index in [4.69, 9.17) is 22.1 Å². The highest BCUT2D eigenvalue weighted by molar-refractivity contribution is 6.30. The van der Waals surface area contributed by atoms with Crippen LogP contribution in [0.5, 0.6) is 5.75 Å². The average Bonchev–Trinajstić information content (AvgIpc) is 2.72. The molecule has 1 heterocycles. The Morgan fingerprint density at radius 1 is 1.11 bits per heavy atom. The van der Waals surface area contributed by atoms with Crippen LogP contribution in [0.4, 0.5) is 5.69 Å². The number of hydrogen-bond acceptors (Lipinski definition) is 4. The number of benzene rings is 2. The number of nitrogens with zero attached hydrogens (tertiary/aromatic N) is 3. The molecule has 0 radical (unpaired) electrons. The summed E-state index contributed by atoms with van der Waals surface area (Å²) in [4.78, 5) is 8.73. The van der Waals surface area contributed by atoms with Crippen LogP contribution in [0.2, 0.25) is 5.02 Å².